The van der Waals surface area contributed by atoms with Gasteiger partial charge in [0.1, 0.15) is 0 Å². The fourth-order valence-electron chi connectivity index (χ4n) is 1.95. The highest BCUT2D eigenvalue weighted by atomic mass is 35.5. The summed E-state index contributed by atoms with van der Waals surface area (Å²) < 4.78 is 40.1. The zero-order valence-corrected chi connectivity index (χ0v) is 14.3. The van der Waals surface area contributed by atoms with Crippen molar-refractivity contribution >= 4 is 29.1 Å². The van der Waals surface area contributed by atoms with Crippen LogP contribution in [-0.4, -0.2) is 41.4 Å². The summed E-state index contributed by atoms with van der Waals surface area (Å²) in [4.78, 5) is 13.9. The van der Waals surface area contributed by atoms with E-state index in [0.717, 1.165) is 18.7 Å². The smallest absolute Gasteiger partial charge is 0.308 e. The first-order chi connectivity index (χ1) is 11.6. The van der Waals surface area contributed by atoms with Crippen LogP contribution in [0.5, 0.6) is 0 Å². The van der Waals surface area contributed by atoms with Gasteiger partial charge in [-0.3, -0.25) is 10.00 Å². The third-order valence-corrected chi connectivity index (χ3v) is 3.52. The first-order valence-electron chi connectivity index (χ1n) is 7.28. The molecule has 1 aromatic carbocycles. The minimum Gasteiger partial charge on any atom is -0.308 e. The van der Waals surface area contributed by atoms with Crippen molar-refractivity contribution in [2.24, 2.45) is 0 Å². The summed E-state index contributed by atoms with van der Waals surface area (Å²) in [5, 5.41) is 8.50. The molecule has 0 aliphatic rings. The molecule has 2 aromatic rings. The lowest BCUT2D eigenvalue weighted by Crippen LogP contribution is -2.21. The lowest BCUT2D eigenvalue weighted by atomic mass is 10.2. The van der Waals surface area contributed by atoms with Gasteiger partial charge in [0, 0.05) is 24.5 Å². The maximum Gasteiger partial charge on any atom is 0.417 e. The number of likely N-dealkylation sites (N-methyl/N-ethyl adjacent to an activating group) is 1. The Morgan fingerprint density at radius 1 is 1.28 bits per heavy atom. The lowest BCUT2D eigenvalue weighted by Gasteiger charge is -2.12. The summed E-state index contributed by atoms with van der Waals surface area (Å²) >= 11 is 5.54. The second-order valence-corrected chi connectivity index (χ2v) is 5.95. The van der Waals surface area contributed by atoms with Crippen molar-refractivity contribution in [1.82, 2.24) is 14.7 Å². The molecule has 0 fully saturated rings. The van der Waals surface area contributed by atoms with Crippen molar-refractivity contribution in [3.63, 3.8) is 0 Å². The van der Waals surface area contributed by atoms with Crippen LogP contribution in [0.3, 0.4) is 0 Å². The van der Waals surface area contributed by atoms with Crippen LogP contribution in [0, 0.1) is 0 Å². The highest BCUT2D eigenvalue weighted by Gasteiger charge is 2.33. The van der Waals surface area contributed by atoms with Crippen LogP contribution in [0.1, 0.15) is 5.56 Å². The van der Waals surface area contributed by atoms with Crippen molar-refractivity contribution in [3.05, 3.63) is 41.0 Å². The molecule has 0 saturated heterocycles. The average molecular weight is 376 g/mol. The average Bonchev–Trinajstić information content (AvgIpc) is 2.93. The highest BCUT2D eigenvalue weighted by Crippen LogP contribution is 2.36. The predicted octanol–water partition coefficient (Wildman–Crippen LogP) is 3.76. The fraction of sp³-hybridized carbons (Fsp3) is 0.333. The maximum absolute atomic E-state index is 12.8. The summed E-state index contributed by atoms with van der Waals surface area (Å²) in [6, 6.07) is 4.03. The van der Waals surface area contributed by atoms with Gasteiger partial charge < -0.3 is 10.2 Å². The van der Waals surface area contributed by atoms with Gasteiger partial charge in [-0.25, -0.2) is 4.79 Å². The van der Waals surface area contributed by atoms with Crippen LogP contribution in [0.4, 0.5) is 29.5 Å². The molecule has 6 nitrogen and oxygen atoms in total. The molecule has 25 heavy (non-hydrogen) atoms. The van der Waals surface area contributed by atoms with Crippen molar-refractivity contribution in [3.8, 4) is 0 Å². The third-order valence-electron chi connectivity index (χ3n) is 3.19. The van der Waals surface area contributed by atoms with E-state index in [1.54, 1.807) is 16.9 Å². The largest absolute Gasteiger partial charge is 0.417 e. The van der Waals surface area contributed by atoms with E-state index < -0.39 is 22.8 Å². The predicted molar refractivity (Wildman–Crippen MR) is 89.9 cm³/mol. The lowest BCUT2D eigenvalue weighted by molar-refractivity contribution is -0.137. The number of halogens is 4. The SMILES string of the molecule is CN(C)CCn1ccc(NC(=O)Nc2ccc(Cl)c(C(F)(F)F)c2)n1. The van der Waals surface area contributed by atoms with E-state index in [1.165, 1.54) is 6.07 Å². The van der Waals surface area contributed by atoms with E-state index in [2.05, 4.69) is 15.7 Å². The molecule has 0 aliphatic heterocycles. The van der Waals surface area contributed by atoms with E-state index in [0.29, 0.717) is 12.4 Å². The van der Waals surface area contributed by atoms with Gasteiger partial charge in [0.05, 0.1) is 17.1 Å². The summed E-state index contributed by atoms with van der Waals surface area (Å²) in [6.45, 7) is 1.42. The van der Waals surface area contributed by atoms with Gasteiger partial charge in [-0.05, 0) is 32.3 Å². The van der Waals surface area contributed by atoms with Crippen LogP contribution in [0.2, 0.25) is 5.02 Å². The van der Waals surface area contributed by atoms with E-state index in [-0.39, 0.29) is 5.69 Å². The molecule has 0 unspecified atom stereocenters. The topological polar surface area (TPSA) is 62.2 Å². The number of amides is 2. The van der Waals surface area contributed by atoms with Crippen molar-refractivity contribution in [2.45, 2.75) is 12.7 Å². The van der Waals surface area contributed by atoms with Crippen LogP contribution < -0.4 is 10.6 Å². The number of urea groups is 1. The molecule has 0 bridgehead atoms. The van der Waals surface area contributed by atoms with Crippen molar-refractivity contribution < 1.29 is 18.0 Å². The van der Waals surface area contributed by atoms with Gasteiger partial charge in [0.25, 0.3) is 0 Å². The van der Waals surface area contributed by atoms with Gasteiger partial charge in [-0.15, -0.1) is 0 Å². The molecule has 2 rings (SSSR count). The number of alkyl halides is 3. The van der Waals surface area contributed by atoms with Crippen LogP contribution in [0.15, 0.2) is 30.5 Å². The van der Waals surface area contributed by atoms with E-state index >= 15 is 0 Å². The van der Waals surface area contributed by atoms with Crippen molar-refractivity contribution in [2.75, 3.05) is 31.3 Å². The number of nitrogens with one attached hydrogen (secondary N) is 2. The molecule has 0 saturated carbocycles. The molecule has 0 atom stereocenters. The van der Waals surface area contributed by atoms with Gasteiger partial charge in [-0.2, -0.15) is 18.3 Å². The Bertz CT molecular complexity index is 745. The molecule has 2 amide bonds. The second kappa shape index (κ2) is 7.75. The summed E-state index contributed by atoms with van der Waals surface area (Å²) in [7, 11) is 3.86. The number of rotatable bonds is 5. The summed E-state index contributed by atoms with van der Waals surface area (Å²) in [5.74, 6) is 0.293. The van der Waals surface area contributed by atoms with E-state index in [4.69, 9.17) is 11.6 Å². The molecule has 136 valence electrons. The molecular weight excluding hydrogens is 359 g/mol. The van der Waals surface area contributed by atoms with E-state index in [1.807, 2.05) is 19.0 Å². The number of benzene rings is 1. The number of nitrogens with zero attached hydrogens (tertiary/aromatic N) is 3. The molecular formula is C15H17ClF3N5O. The molecule has 1 heterocycles. The first-order valence-corrected chi connectivity index (χ1v) is 7.66. The highest BCUT2D eigenvalue weighted by molar-refractivity contribution is 6.31. The Kier molecular flexibility index (Phi) is 5.91. The van der Waals surface area contributed by atoms with Crippen LogP contribution in [0.25, 0.3) is 0 Å². The number of anilines is 2. The summed E-state index contributed by atoms with van der Waals surface area (Å²) in [6.07, 6.45) is -2.90. The maximum atomic E-state index is 12.8. The van der Waals surface area contributed by atoms with Crippen LogP contribution >= 0.6 is 11.6 Å². The Morgan fingerprint density at radius 2 is 2.00 bits per heavy atom. The second-order valence-electron chi connectivity index (χ2n) is 5.54. The zero-order valence-electron chi connectivity index (χ0n) is 13.6. The molecule has 1 aromatic heterocycles. The Labute approximate surface area is 147 Å². The van der Waals surface area contributed by atoms with E-state index in [9.17, 15) is 18.0 Å². The molecule has 10 heteroatoms. The summed E-state index contributed by atoms with van der Waals surface area (Å²) in [5.41, 5.74) is -1.04. The van der Waals surface area contributed by atoms with Gasteiger partial charge >= 0.3 is 12.2 Å². The molecule has 0 aliphatic carbocycles. The van der Waals surface area contributed by atoms with Gasteiger partial charge in [0.2, 0.25) is 0 Å². The Balaban J connectivity index is 1.99. The minimum atomic E-state index is -4.60. The first kappa shape index (κ1) is 19.1. The molecule has 2 N–H and O–H groups in total. The van der Waals surface area contributed by atoms with Gasteiger partial charge in [0.15, 0.2) is 5.82 Å². The van der Waals surface area contributed by atoms with Gasteiger partial charge in [-0.1, -0.05) is 11.6 Å². The molecule has 0 radical (unpaired) electrons. The number of carbonyl (C=O) groups is 1. The third kappa shape index (κ3) is 5.64. The quantitative estimate of drug-likeness (QED) is 0.836. The number of aromatic nitrogens is 2. The molecule has 0 spiro atoms. The Morgan fingerprint density at radius 3 is 2.64 bits per heavy atom. The fourth-order valence-corrected chi connectivity index (χ4v) is 2.18. The van der Waals surface area contributed by atoms with Crippen molar-refractivity contribution in [1.29, 1.82) is 0 Å². The number of carbonyl (C=O) groups excluding carboxylic acids is 1. The standard InChI is InChI=1S/C15H17ClF3N5O/c1-23(2)7-8-24-6-5-13(22-24)21-14(25)20-10-3-4-12(16)11(9-10)15(17,18)19/h3-6,9H,7-8H2,1-2H3,(H2,20,21,22,25). The van der Waals surface area contributed by atoms with Crippen LogP contribution in [-0.2, 0) is 12.7 Å². The number of hydrogen-bond donors (Lipinski definition) is 2. The Hall–Kier alpha value is -2.26. The monoisotopic (exact) mass is 375 g/mol. The zero-order chi connectivity index (χ0) is 18.6. The minimum absolute atomic E-state index is 0.0266. The normalized spacial score (nSPS) is 11.6. The number of hydrogen-bond acceptors (Lipinski definition) is 3.